The van der Waals surface area contributed by atoms with Crippen LogP contribution < -0.4 is 15.3 Å². The van der Waals surface area contributed by atoms with Crippen molar-refractivity contribution in [2.24, 2.45) is 0 Å². The first-order chi connectivity index (χ1) is 13.8. The molecule has 0 spiro atoms. The minimum Gasteiger partial charge on any atom is -0.489 e. The second-order valence-corrected chi connectivity index (χ2v) is 12.7. The number of hydrogen-bond donors (Lipinski definition) is 0. The van der Waals surface area contributed by atoms with Gasteiger partial charge in [0.1, 0.15) is 12.4 Å². The van der Waals surface area contributed by atoms with Crippen LogP contribution in [-0.4, -0.2) is 13.3 Å². The van der Waals surface area contributed by atoms with Crippen LogP contribution in [0.4, 0.5) is 0 Å². The zero-order chi connectivity index (χ0) is 21.0. The zero-order valence-corrected chi connectivity index (χ0v) is 20.3. The van der Waals surface area contributed by atoms with Crippen molar-refractivity contribution in [2.45, 2.75) is 39.5 Å². The van der Waals surface area contributed by atoms with Gasteiger partial charge in [0.15, 0.2) is 0 Å². The molecule has 0 saturated carbocycles. The first-order valence-electron chi connectivity index (χ1n) is 10.1. The van der Waals surface area contributed by atoms with E-state index in [2.05, 4.69) is 102 Å². The highest BCUT2D eigenvalue weighted by atomic mass is 31.1. The van der Waals surface area contributed by atoms with E-state index in [-0.39, 0.29) is 13.1 Å². The van der Waals surface area contributed by atoms with Crippen LogP contribution in [0.1, 0.15) is 36.1 Å². The summed E-state index contributed by atoms with van der Waals surface area (Å²) < 4.78 is 6.32. The van der Waals surface area contributed by atoms with Gasteiger partial charge in [-0.25, -0.2) is 0 Å². The zero-order valence-electron chi connectivity index (χ0n) is 18.4. The number of hydrogen-bond acceptors (Lipinski definition) is 1. The van der Waals surface area contributed by atoms with Gasteiger partial charge < -0.3 is 4.74 Å². The van der Waals surface area contributed by atoms with E-state index in [1.807, 2.05) is 6.07 Å². The predicted octanol–water partition coefficient (Wildman–Crippen LogP) is 6.49. The van der Waals surface area contributed by atoms with Crippen LogP contribution >= 0.6 is 16.5 Å². The van der Waals surface area contributed by atoms with Crippen LogP contribution in [0, 0.1) is 13.8 Å². The van der Waals surface area contributed by atoms with Crippen LogP contribution in [-0.2, 0) is 11.8 Å². The van der Waals surface area contributed by atoms with Crippen LogP contribution in [0.25, 0.3) is 0 Å². The molecule has 3 rings (SSSR count). The Kier molecular flexibility index (Phi) is 7.15. The van der Waals surface area contributed by atoms with Crippen molar-refractivity contribution in [1.82, 2.24) is 0 Å². The van der Waals surface area contributed by atoms with Crippen molar-refractivity contribution in [1.29, 1.82) is 0 Å². The predicted molar refractivity (Wildman–Crippen MR) is 133 cm³/mol. The molecule has 0 aliphatic rings. The van der Waals surface area contributed by atoms with Crippen molar-refractivity contribution < 1.29 is 4.74 Å². The van der Waals surface area contributed by atoms with Gasteiger partial charge in [0, 0.05) is 10.7 Å². The Bertz CT molecular complexity index is 962. The number of benzene rings is 3. The first kappa shape index (κ1) is 22.0. The maximum atomic E-state index is 6.32. The van der Waals surface area contributed by atoms with E-state index in [4.69, 9.17) is 4.74 Å². The summed E-state index contributed by atoms with van der Waals surface area (Å²) in [6, 6.07) is 23.8. The highest BCUT2D eigenvalue weighted by Crippen LogP contribution is 2.46. The van der Waals surface area contributed by atoms with Gasteiger partial charge in [-0.1, -0.05) is 96.6 Å². The first-order valence-corrected chi connectivity index (χ1v) is 13.3. The fourth-order valence-electron chi connectivity index (χ4n) is 3.56. The molecule has 3 aromatic rings. The lowest BCUT2D eigenvalue weighted by atomic mass is 9.99. The van der Waals surface area contributed by atoms with E-state index in [1.165, 1.54) is 32.9 Å². The monoisotopic (exact) mass is 422 g/mol. The van der Waals surface area contributed by atoms with Crippen LogP contribution in [0.2, 0.25) is 0 Å². The third-order valence-electron chi connectivity index (χ3n) is 5.22. The minimum atomic E-state index is -0.130. The van der Waals surface area contributed by atoms with Crippen molar-refractivity contribution in [3.05, 3.63) is 89.0 Å². The Hall–Kier alpha value is -1.68. The molecule has 0 N–H and O–H groups in total. The lowest BCUT2D eigenvalue weighted by Crippen LogP contribution is -2.26. The Labute approximate surface area is 179 Å². The molecular formula is C26H32OP2. The molecule has 0 aliphatic carbocycles. The van der Waals surface area contributed by atoms with E-state index in [1.54, 1.807) is 0 Å². The number of ether oxygens (including phenoxy) is 1. The Balaban J connectivity index is 1.93. The van der Waals surface area contributed by atoms with Gasteiger partial charge in [0.05, 0.1) is 0 Å². The van der Waals surface area contributed by atoms with Gasteiger partial charge in [-0.2, -0.15) is 0 Å². The van der Waals surface area contributed by atoms with E-state index >= 15 is 0 Å². The topological polar surface area (TPSA) is 9.23 Å². The maximum absolute atomic E-state index is 6.32. The molecule has 0 amide bonds. The molecule has 29 heavy (non-hydrogen) atoms. The van der Waals surface area contributed by atoms with Crippen LogP contribution in [0.15, 0.2) is 66.7 Å². The molecule has 0 heterocycles. The van der Waals surface area contributed by atoms with E-state index in [0.717, 1.165) is 5.75 Å². The van der Waals surface area contributed by atoms with Gasteiger partial charge in [-0.3, -0.25) is 0 Å². The second kappa shape index (κ2) is 9.42. The molecule has 1 nitrogen and oxygen atoms in total. The lowest BCUT2D eigenvalue weighted by molar-refractivity contribution is 0.300. The van der Waals surface area contributed by atoms with E-state index in [0.29, 0.717) is 15.2 Å². The summed E-state index contributed by atoms with van der Waals surface area (Å²) in [5, 5.41) is 3.07. The average molecular weight is 422 g/mol. The van der Waals surface area contributed by atoms with Gasteiger partial charge >= 0.3 is 0 Å². The molecule has 3 heteroatoms. The molecule has 3 aromatic carbocycles. The SMILES string of the molecule is Cc1ccc(OCc2ccccc2)c(C(C)(C)Pc2c(C)cccc2P(C)C)c1. The lowest BCUT2D eigenvalue weighted by Gasteiger charge is -2.30. The molecule has 152 valence electrons. The molecule has 0 fully saturated rings. The summed E-state index contributed by atoms with van der Waals surface area (Å²) >= 11 is 0. The standard InChI is InChI=1S/C26H32OP2/c1-19-15-16-23(27-18-21-12-8-7-9-13-21)22(17-19)26(3,4)28-25-20(2)11-10-14-24(25)29(5)6/h7-17,28H,18H2,1-6H3. The fourth-order valence-corrected chi connectivity index (χ4v) is 6.85. The van der Waals surface area contributed by atoms with E-state index in [9.17, 15) is 0 Å². The largest absolute Gasteiger partial charge is 0.489 e. The van der Waals surface area contributed by atoms with Gasteiger partial charge in [-0.15, -0.1) is 0 Å². The maximum Gasteiger partial charge on any atom is 0.123 e. The highest BCUT2D eigenvalue weighted by Gasteiger charge is 2.27. The Morgan fingerprint density at radius 2 is 1.62 bits per heavy atom. The van der Waals surface area contributed by atoms with Gasteiger partial charge in [-0.05, 0) is 55.0 Å². The second-order valence-electron chi connectivity index (χ2n) is 8.39. The minimum absolute atomic E-state index is 0.00421. The summed E-state index contributed by atoms with van der Waals surface area (Å²) in [5.74, 6) is 1.00. The van der Waals surface area contributed by atoms with E-state index < -0.39 is 0 Å². The Morgan fingerprint density at radius 3 is 2.31 bits per heavy atom. The van der Waals surface area contributed by atoms with Gasteiger partial charge in [0.25, 0.3) is 0 Å². The van der Waals surface area contributed by atoms with Crippen molar-refractivity contribution in [3.8, 4) is 5.75 Å². The summed E-state index contributed by atoms with van der Waals surface area (Å²) in [5.41, 5.74) is 5.19. The number of rotatable bonds is 7. The molecular weight excluding hydrogens is 390 g/mol. The Morgan fingerprint density at radius 1 is 0.897 bits per heavy atom. The van der Waals surface area contributed by atoms with Crippen molar-refractivity contribution in [2.75, 3.05) is 13.3 Å². The number of aryl methyl sites for hydroxylation is 2. The summed E-state index contributed by atoms with van der Waals surface area (Å²) in [4.78, 5) is 0. The molecule has 0 radical (unpaired) electrons. The fraction of sp³-hybridized carbons (Fsp3) is 0.308. The molecule has 1 atom stereocenters. The summed E-state index contributed by atoms with van der Waals surface area (Å²) in [6.07, 6.45) is 0. The quantitative estimate of drug-likeness (QED) is 0.396. The normalized spacial score (nSPS) is 12.1. The third kappa shape index (κ3) is 5.48. The highest BCUT2D eigenvalue weighted by molar-refractivity contribution is 7.66. The van der Waals surface area contributed by atoms with Crippen LogP contribution in [0.5, 0.6) is 5.75 Å². The molecule has 0 aromatic heterocycles. The summed E-state index contributed by atoms with van der Waals surface area (Å²) in [7, 11) is 0.569. The van der Waals surface area contributed by atoms with Crippen molar-refractivity contribution in [3.63, 3.8) is 0 Å². The third-order valence-corrected chi connectivity index (χ3v) is 8.57. The molecule has 1 unspecified atom stereocenters. The molecule has 0 aliphatic heterocycles. The smallest absolute Gasteiger partial charge is 0.123 e. The van der Waals surface area contributed by atoms with Gasteiger partial charge in [0.2, 0.25) is 0 Å². The average Bonchev–Trinajstić information content (AvgIpc) is 2.69. The van der Waals surface area contributed by atoms with Crippen molar-refractivity contribution >= 4 is 27.1 Å². The molecule has 0 saturated heterocycles. The summed E-state index contributed by atoms with van der Waals surface area (Å²) in [6.45, 7) is 14.4. The van der Waals surface area contributed by atoms with Crippen LogP contribution in [0.3, 0.4) is 0 Å². The molecule has 0 bridgehead atoms.